The highest BCUT2D eigenvalue weighted by Gasteiger charge is 2.37. The number of nitrogens with zero attached hydrogens (tertiary/aromatic N) is 2. The third kappa shape index (κ3) is 8.24. The predicted molar refractivity (Wildman–Crippen MR) is 93.6 cm³/mol. The molecule has 0 aromatic heterocycles. The van der Waals surface area contributed by atoms with Crippen molar-refractivity contribution in [1.82, 2.24) is 0 Å². The molecule has 2 atom stereocenters. The van der Waals surface area contributed by atoms with E-state index in [1.54, 1.807) is 6.92 Å². The second kappa shape index (κ2) is 10.4. The van der Waals surface area contributed by atoms with Crippen molar-refractivity contribution in [2.75, 3.05) is 27.2 Å². The second-order valence-corrected chi connectivity index (χ2v) is 7.79. The Kier molecular flexibility index (Phi) is 9.60. The van der Waals surface area contributed by atoms with Crippen molar-refractivity contribution >= 4 is 16.1 Å². The topological polar surface area (TPSA) is 107 Å². The molecule has 0 heterocycles. The first-order valence-electron chi connectivity index (χ1n) is 8.12. The summed E-state index contributed by atoms with van der Waals surface area (Å²) in [5.74, 6) is -0.219. The Morgan fingerprint density at radius 1 is 1.29 bits per heavy atom. The van der Waals surface area contributed by atoms with E-state index in [-0.39, 0.29) is 24.5 Å². The summed E-state index contributed by atoms with van der Waals surface area (Å²) < 4.78 is 64.2. The first kappa shape index (κ1) is 25.8. The zero-order valence-corrected chi connectivity index (χ0v) is 16.7. The van der Waals surface area contributed by atoms with Crippen LogP contribution in [-0.2, 0) is 19.6 Å². The average Bonchev–Trinajstić information content (AvgIpc) is 2.54. The van der Waals surface area contributed by atoms with Gasteiger partial charge in [0.25, 0.3) is 0 Å². The molecular weight excluding hydrogens is 401 g/mol. The van der Waals surface area contributed by atoms with E-state index in [0.29, 0.717) is 11.1 Å². The number of quaternary nitrogens is 1. The molecule has 0 spiro atoms. The monoisotopic (exact) mass is 424 g/mol. The Bertz CT molecular complexity index is 774. The third-order valence-corrected chi connectivity index (χ3v) is 4.38. The van der Waals surface area contributed by atoms with Gasteiger partial charge in [-0.1, -0.05) is 37.3 Å². The fourth-order valence-corrected chi connectivity index (χ4v) is 2.45. The van der Waals surface area contributed by atoms with Crippen molar-refractivity contribution < 1.29 is 40.2 Å². The summed E-state index contributed by atoms with van der Waals surface area (Å²) in [5, 5.41) is 9.52. The van der Waals surface area contributed by atoms with Gasteiger partial charge in [-0.3, -0.25) is 0 Å². The molecule has 0 amide bonds. The number of benzene rings is 1. The quantitative estimate of drug-likeness (QED) is 0.300. The van der Waals surface area contributed by atoms with Crippen LogP contribution >= 0.6 is 0 Å². The van der Waals surface area contributed by atoms with Crippen molar-refractivity contribution in [1.29, 1.82) is 5.26 Å². The fourth-order valence-electron chi connectivity index (χ4n) is 2.45. The van der Waals surface area contributed by atoms with Crippen LogP contribution in [0, 0.1) is 11.3 Å². The molecule has 158 valence electrons. The largest absolute Gasteiger partial charge is 0.741 e. The van der Waals surface area contributed by atoms with Crippen molar-refractivity contribution in [3.05, 3.63) is 35.9 Å². The van der Waals surface area contributed by atoms with Gasteiger partial charge in [-0.05, 0) is 12.5 Å². The highest BCUT2D eigenvalue weighted by atomic mass is 32.2. The maximum absolute atomic E-state index is 11.7. The molecule has 2 unspecified atom stereocenters. The lowest BCUT2D eigenvalue weighted by atomic mass is 9.92. The first-order chi connectivity index (χ1) is 12.7. The van der Waals surface area contributed by atoms with Gasteiger partial charge in [0.05, 0.1) is 20.7 Å². The molecule has 1 aromatic rings. The summed E-state index contributed by atoms with van der Waals surface area (Å²) in [6.07, 6.45) is 0. The van der Waals surface area contributed by atoms with Gasteiger partial charge >= 0.3 is 11.5 Å². The molecule has 0 aliphatic heterocycles. The average molecular weight is 424 g/mol. The van der Waals surface area contributed by atoms with Crippen LogP contribution in [0.2, 0.25) is 0 Å². The van der Waals surface area contributed by atoms with Crippen LogP contribution in [0.15, 0.2) is 30.3 Å². The lowest BCUT2D eigenvalue weighted by Crippen LogP contribution is -2.53. The van der Waals surface area contributed by atoms with Gasteiger partial charge in [-0.2, -0.15) is 18.4 Å². The van der Waals surface area contributed by atoms with Gasteiger partial charge in [0.15, 0.2) is 22.7 Å². The van der Waals surface area contributed by atoms with Gasteiger partial charge < -0.3 is 13.8 Å². The van der Waals surface area contributed by atoms with E-state index in [1.807, 2.05) is 51.4 Å². The van der Waals surface area contributed by atoms with E-state index in [1.165, 1.54) is 0 Å². The minimum Gasteiger partial charge on any atom is -0.741 e. The molecule has 0 radical (unpaired) electrons. The number of rotatable bonds is 6. The molecule has 11 heteroatoms. The highest BCUT2D eigenvalue weighted by molar-refractivity contribution is 7.86. The smallest absolute Gasteiger partial charge is 0.485 e. The summed E-state index contributed by atoms with van der Waals surface area (Å²) in [5.41, 5.74) is -4.54. The number of halogens is 3. The number of nitriles is 1. The van der Waals surface area contributed by atoms with E-state index in [0.717, 1.165) is 5.56 Å². The van der Waals surface area contributed by atoms with Crippen LogP contribution in [0.1, 0.15) is 25.3 Å². The molecule has 0 bridgehead atoms. The van der Waals surface area contributed by atoms with Crippen LogP contribution in [0.3, 0.4) is 0 Å². The molecular formula is C17H23F3N2O5S. The van der Waals surface area contributed by atoms with Crippen LogP contribution < -0.4 is 0 Å². The standard InChI is InChI=1S/C16H23N2O2.CHF3O3S/c1-5-20-16(19)12-18(3,4)15(11-17)13(2)14-9-7-6-8-10-14;2-1(3,4)8(5,6)7/h6-10,13,15H,5,12H2,1-4H3;(H,5,6,7)/q+1;/p-1. The number of ether oxygens (including phenoxy) is 1. The van der Waals surface area contributed by atoms with E-state index < -0.39 is 15.6 Å². The number of carbonyl (C=O) groups is 1. The lowest BCUT2D eigenvalue weighted by Gasteiger charge is -2.36. The molecule has 28 heavy (non-hydrogen) atoms. The van der Waals surface area contributed by atoms with Crippen LogP contribution in [-0.4, -0.2) is 62.2 Å². The van der Waals surface area contributed by atoms with E-state index in [2.05, 4.69) is 6.07 Å². The summed E-state index contributed by atoms with van der Waals surface area (Å²) in [7, 11) is -2.30. The van der Waals surface area contributed by atoms with Gasteiger partial charge in [0.1, 0.15) is 6.07 Å². The summed E-state index contributed by atoms with van der Waals surface area (Å²) in [6.45, 7) is 4.37. The molecule has 7 nitrogen and oxygen atoms in total. The lowest BCUT2D eigenvalue weighted by molar-refractivity contribution is -0.901. The molecule has 1 rings (SSSR count). The predicted octanol–water partition coefficient (Wildman–Crippen LogP) is 2.37. The Morgan fingerprint density at radius 3 is 2.11 bits per heavy atom. The molecule has 0 fully saturated rings. The Balaban J connectivity index is 0.000000769. The molecule has 0 aliphatic rings. The van der Waals surface area contributed by atoms with Crippen LogP contribution in [0.5, 0.6) is 0 Å². The minimum absolute atomic E-state index is 0.0469. The maximum atomic E-state index is 11.7. The molecule has 0 aliphatic carbocycles. The molecule has 0 saturated heterocycles. The summed E-state index contributed by atoms with van der Waals surface area (Å²) in [6, 6.07) is 12.0. The zero-order valence-electron chi connectivity index (χ0n) is 15.9. The number of likely N-dealkylation sites (N-methyl/N-ethyl adjacent to an activating group) is 1. The first-order valence-corrected chi connectivity index (χ1v) is 9.53. The van der Waals surface area contributed by atoms with Crippen LogP contribution in [0.4, 0.5) is 13.2 Å². The van der Waals surface area contributed by atoms with E-state index in [9.17, 15) is 23.2 Å². The maximum Gasteiger partial charge on any atom is 0.485 e. The zero-order chi connectivity index (χ0) is 22.2. The van der Waals surface area contributed by atoms with Crippen molar-refractivity contribution in [2.45, 2.75) is 31.3 Å². The van der Waals surface area contributed by atoms with Crippen molar-refractivity contribution in [2.24, 2.45) is 0 Å². The fraction of sp³-hybridized carbons (Fsp3) is 0.529. The molecule has 1 aromatic carbocycles. The Hall–Kier alpha value is -2.16. The normalized spacial score (nSPS) is 14.1. The van der Waals surface area contributed by atoms with Gasteiger partial charge in [0, 0.05) is 5.92 Å². The SMILES string of the molecule is CCOC(=O)C[N+](C)(C)C(C#N)C(C)c1ccccc1.O=S(=O)([O-])C(F)(F)F. The third-order valence-electron chi connectivity index (χ3n) is 3.81. The van der Waals surface area contributed by atoms with Gasteiger partial charge in [-0.15, -0.1) is 0 Å². The Labute approximate surface area is 162 Å². The molecule has 0 saturated carbocycles. The highest BCUT2D eigenvalue weighted by Crippen LogP contribution is 2.25. The van der Waals surface area contributed by atoms with Gasteiger partial charge in [0.2, 0.25) is 0 Å². The number of hydrogen-bond donors (Lipinski definition) is 0. The summed E-state index contributed by atoms with van der Waals surface area (Å²) >= 11 is 0. The summed E-state index contributed by atoms with van der Waals surface area (Å²) in [4.78, 5) is 11.7. The van der Waals surface area contributed by atoms with Crippen LogP contribution in [0.25, 0.3) is 0 Å². The Morgan fingerprint density at radius 2 is 1.75 bits per heavy atom. The van der Waals surface area contributed by atoms with E-state index >= 15 is 0 Å². The number of alkyl halides is 3. The van der Waals surface area contributed by atoms with Gasteiger partial charge in [-0.25, -0.2) is 13.2 Å². The number of carbonyl (C=O) groups excluding carboxylic acids is 1. The second-order valence-electron chi connectivity index (χ2n) is 6.41. The van der Waals surface area contributed by atoms with Crippen molar-refractivity contribution in [3.8, 4) is 6.07 Å². The number of hydrogen-bond acceptors (Lipinski definition) is 6. The van der Waals surface area contributed by atoms with Crippen molar-refractivity contribution in [3.63, 3.8) is 0 Å². The number of esters is 1. The minimum atomic E-state index is -6.09. The molecule has 0 N–H and O–H groups in total. The van der Waals surface area contributed by atoms with E-state index in [4.69, 9.17) is 17.7 Å².